The third kappa shape index (κ3) is 5.21. The minimum atomic E-state index is -0.248. The first-order chi connectivity index (χ1) is 13.1. The second-order valence-electron chi connectivity index (χ2n) is 7.14. The molecular weight excluding hydrogens is 346 g/mol. The molecule has 1 saturated carbocycles. The van der Waals surface area contributed by atoms with Crippen LogP contribution in [0.25, 0.3) is 0 Å². The predicted molar refractivity (Wildman–Crippen MR) is 100 cm³/mol. The van der Waals surface area contributed by atoms with Crippen LogP contribution < -0.4 is 15.4 Å². The molecule has 0 radical (unpaired) electrons. The van der Waals surface area contributed by atoms with Crippen LogP contribution in [0.3, 0.4) is 0 Å². The molecule has 7 nitrogen and oxygen atoms in total. The lowest BCUT2D eigenvalue weighted by Gasteiger charge is -2.32. The highest BCUT2D eigenvalue weighted by molar-refractivity contribution is 5.97. The van der Waals surface area contributed by atoms with Crippen LogP contribution in [0.15, 0.2) is 24.3 Å². The van der Waals surface area contributed by atoms with Gasteiger partial charge < -0.3 is 20.3 Å². The number of ether oxygens (including phenoxy) is 1. The number of benzene rings is 1. The van der Waals surface area contributed by atoms with E-state index < -0.39 is 0 Å². The summed E-state index contributed by atoms with van der Waals surface area (Å²) in [5, 5.41) is 5.86. The van der Waals surface area contributed by atoms with Gasteiger partial charge in [0.05, 0.1) is 12.7 Å². The van der Waals surface area contributed by atoms with Crippen molar-refractivity contribution in [3.05, 3.63) is 29.8 Å². The highest BCUT2D eigenvalue weighted by Gasteiger charge is 2.32. The first kappa shape index (κ1) is 19.2. The van der Waals surface area contributed by atoms with Crippen molar-refractivity contribution in [2.24, 2.45) is 5.92 Å². The van der Waals surface area contributed by atoms with Crippen molar-refractivity contribution in [2.45, 2.75) is 38.1 Å². The fourth-order valence-electron chi connectivity index (χ4n) is 3.31. The number of hydrogen-bond acceptors (Lipinski definition) is 4. The average Bonchev–Trinajstić information content (AvgIpc) is 3.53. The summed E-state index contributed by atoms with van der Waals surface area (Å²) in [6, 6.07) is 7.17. The van der Waals surface area contributed by atoms with E-state index in [9.17, 15) is 14.4 Å². The van der Waals surface area contributed by atoms with Crippen LogP contribution in [0.5, 0.6) is 5.75 Å². The molecule has 1 aromatic carbocycles. The van der Waals surface area contributed by atoms with E-state index in [0.717, 1.165) is 25.7 Å². The number of likely N-dealkylation sites (tertiary alicyclic amines) is 1. The van der Waals surface area contributed by atoms with Gasteiger partial charge in [-0.3, -0.25) is 14.4 Å². The van der Waals surface area contributed by atoms with E-state index in [0.29, 0.717) is 24.4 Å². The van der Waals surface area contributed by atoms with Gasteiger partial charge in [0.2, 0.25) is 11.8 Å². The van der Waals surface area contributed by atoms with Gasteiger partial charge in [0, 0.05) is 38.0 Å². The predicted octanol–water partition coefficient (Wildman–Crippen LogP) is 1.33. The van der Waals surface area contributed by atoms with Gasteiger partial charge in [-0.05, 0) is 37.8 Å². The zero-order valence-electron chi connectivity index (χ0n) is 15.7. The monoisotopic (exact) mass is 373 g/mol. The SMILES string of the molecule is COc1ccccc1C(=O)NCCC(=O)N1CCC(NC(=O)C2CC2)CC1. The number of methoxy groups -OCH3 is 1. The molecule has 1 aromatic rings. The van der Waals surface area contributed by atoms with Crippen molar-refractivity contribution in [2.75, 3.05) is 26.7 Å². The molecule has 2 fully saturated rings. The number of nitrogens with zero attached hydrogens (tertiary/aromatic N) is 1. The molecule has 3 rings (SSSR count). The maximum absolute atomic E-state index is 12.3. The molecule has 1 aliphatic carbocycles. The molecule has 1 saturated heterocycles. The van der Waals surface area contributed by atoms with Gasteiger partial charge in [-0.15, -0.1) is 0 Å². The van der Waals surface area contributed by atoms with Crippen LogP contribution in [-0.2, 0) is 9.59 Å². The maximum Gasteiger partial charge on any atom is 0.255 e. The topological polar surface area (TPSA) is 87.7 Å². The highest BCUT2D eigenvalue weighted by atomic mass is 16.5. The van der Waals surface area contributed by atoms with Gasteiger partial charge in [0.1, 0.15) is 5.75 Å². The number of carbonyl (C=O) groups is 3. The van der Waals surface area contributed by atoms with Crippen LogP contribution in [-0.4, -0.2) is 55.4 Å². The second-order valence-corrected chi connectivity index (χ2v) is 7.14. The Balaban J connectivity index is 1.37. The van der Waals surface area contributed by atoms with E-state index in [2.05, 4.69) is 10.6 Å². The standard InChI is InChI=1S/C20H27N3O4/c1-27-17-5-3-2-4-16(17)20(26)21-11-8-18(24)23-12-9-15(10-13-23)22-19(25)14-6-7-14/h2-5,14-15H,6-13H2,1H3,(H,21,26)(H,22,25). The quantitative estimate of drug-likeness (QED) is 0.755. The molecule has 27 heavy (non-hydrogen) atoms. The summed E-state index contributed by atoms with van der Waals surface area (Å²) in [6.45, 7) is 1.58. The van der Waals surface area contributed by atoms with Crippen molar-refractivity contribution in [3.8, 4) is 5.75 Å². The molecule has 7 heteroatoms. The Hall–Kier alpha value is -2.57. The van der Waals surface area contributed by atoms with E-state index in [-0.39, 0.29) is 42.6 Å². The smallest absolute Gasteiger partial charge is 0.255 e. The van der Waals surface area contributed by atoms with Crippen molar-refractivity contribution in [1.82, 2.24) is 15.5 Å². The number of rotatable bonds is 7. The molecule has 0 aromatic heterocycles. The number of hydrogen-bond donors (Lipinski definition) is 2. The molecule has 0 atom stereocenters. The molecule has 2 N–H and O–H groups in total. The molecule has 0 spiro atoms. The van der Waals surface area contributed by atoms with Gasteiger partial charge >= 0.3 is 0 Å². The summed E-state index contributed by atoms with van der Waals surface area (Å²) in [4.78, 5) is 38.2. The normalized spacial score (nSPS) is 17.3. The summed E-state index contributed by atoms with van der Waals surface area (Å²) < 4.78 is 5.18. The van der Waals surface area contributed by atoms with Crippen LogP contribution in [0.1, 0.15) is 42.5 Å². The highest BCUT2D eigenvalue weighted by Crippen LogP contribution is 2.29. The summed E-state index contributed by atoms with van der Waals surface area (Å²) in [7, 11) is 1.52. The first-order valence-electron chi connectivity index (χ1n) is 9.58. The molecule has 3 amide bonds. The van der Waals surface area contributed by atoms with Crippen LogP contribution in [0.2, 0.25) is 0 Å². The van der Waals surface area contributed by atoms with Gasteiger partial charge in [-0.1, -0.05) is 12.1 Å². The van der Waals surface area contributed by atoms with Crippen molar-refractivity contribution in [3.63, 3.8) is 0 Å². The van der Waals surface area contributed by atoms with E-state index in [1.165, 1.54) is 7.11 Å². The minimum absolute atomic E-state index is 0.0299. The lowest BCUT2D eigenvalue weighted by Crippen LogP contribution is -2.47. The summed E-state index contributed by atoms with van der Waals surface area (Å²) in [5.74, 6) is 0.677. The molecular formula is C20H27N3O4. The number of amides is 3. The van der Waals surface area contributed by atoms with Gasteiger partial charge in [-0.25, -0.2) is 0 Å². The third-order valence-electron chi connectivity index (χ3n) is 5.12. The lowest BCUT2D eigenvalue weighted by atomic mass is 10.0. The van der Waals surface area contributed by atoms with Gasteiger partial charge in [0.15, 0.2) is 0 Å². The number of piperidine rings is 1. The Labute approximate surface area is 159 Å². The fraction of sp³-hybridized carbons (Fsp3) is 0.550. The first-order valence-corrected chi connectivity index (χ1v) is 9.58. The molecule has 146 valence electrons. The third-order valence-corrected chi connectivity index (χ3v) is 5.12. The molecule has 1 heterocycles. The van der Waals surface area contributed by atoms with E-state index in [1.54, 1.807) is 24.3 Å². The van der Waals surface area contributed by atoms with Crippen LogP contribution in [0.4, 0.5) is 0 Å². The molecule has 0 unspecified atom stereocenters. The minimum Gasteiger partial charge on any atom is -0.496 e. The Morgan fingerprint density at radius 3 is 2.48 bits per heavy atom. The molecule has 0 bridgehead atoms. The molecule has 2 aliphatic rings. The maximum atomic E-state index is 12.3. The van der Waals surface area contributed by atoms with Crippen LogP contribution in [0, 0.1) is 5.92 Å². The second kappa shape index (κ2) is 8.88. The van der Waals surface area contributed by atoms with Crippen molar-refractivity contribution < 1.29 is 19.1 Å². The van der Waals surface area contributed by atoms with E-state index in [4.69, 9.17) is 4.74 Å². The van der Waals surface area contributed by atoms with Gasteiger partial charge in [-0.2, -0.15) is 0 Å². The van der Waals surface area contributed by atoms with Crippen molar-refractivity contribution >= 4 is 17.7 Å². The van der Waals surface area contributed by atoms with Crippen molar-refractivity contribution in [1.29, 1.82) is 0 Å². The van der Waals surface area contributed by atoms with Crippen LogP contribution >= 0.6 is 0 Å². The Kier molecular flexibility index (Phi) is 6.32. The Morgan fingerprint density at radius 2 is 1.81 bits per heavy atom. The number of para-hydroxylation sites is 1. The zero-order chi connectivity index (χ0) is 19.2. The lowest BCUT2D eigenvalue weighted by molar-refractivity contribution is -0.132. The Morgan fingerprint density at radius 1 is 1.11 bits per heavy atom. The van der Waals surface area contributed by atoms with Gasteiger partial charge in [0.25, 0.3) is 5.91 Å². The van der Waals surface area contributed by atoms with E-state index >= 15 is 0 Å². The summed E-state index contributed by atoms with van der Waals surface area (Å²) in [5.41, 5.74) is 0.458. The number of nitrogens with one attached hydrogen (secondary N) is 2. The summed E-state index contributed by atoms with van der Waals surface area (Å²) in [6.07, 6.45) is 3.85. The fourth-order valence-corrected chi connectivity index (χ4v) is 3.31. The molecule has 1 aliphatic heterocycles. The average molecular weight is 373 g/mol. The van der Waals surface area contributed by atoms with E-state index in [1.807, 2.05) is 4.90 Å². The largest absolute Gasteiger partial charge is 0.496 e. The summed E-state index contributed by atoms with van der Waals surface area (Å²) >= 11 is 0. The number of carbonyl (C=O) groups excluding carboxylic acids is 3. The Bertz CT molecular complexity index is 694. The zero-order valence-corrected chi connectivity index (χ0v) is 15.7.